The van der Waals surface area contributed by atoms with Gasteiger partial charge in [0.25, 0.3) is 5.69 Å². The molecule has 0 saturated heterocycles. The molecule has 2 aromatic carbocycles. The van der Waals surface area contributed by atoms with Crippen molar-refractivity contribution in [1.29, 1.82) is 0 Å². The van der Waals surface area contributed by atoms with Crippen molar-refractivity contribution in [2.45, 2.75) is 26.4 Å². The highest BCUT2D eigenvalue weighted by molar-refractivity contribution is 7.38. The van der Waals surface area contributed by atoms with Gasteiger partial charge in [-0.15, -0.1) is 12.8 Å². The predicted octanol–water partition coefficient (Wildman–Crippen LogP) is 5.40. The second kappa shape index (κ2) is 9.60. The molecule has 3 rings (SSSR count). The van der Waals surface area contributed by atoms with Gasteiger partial charge in [-0.3, -0.25) is 10.1 Å². The lowest BCUT2D eigenvalue weighted by molar-refractivity contribution is -0.384. The molecular weight excluding hydrogens is 438 g/mol. The molecule has 0 N–H and O–H groups in total. The maximum atomic E-state index is 12.5. The van der Waals surface area contributed by atoms with Gasteiger partial charge in [0.2, 0.25) is 4.88 Å². The summed E-state index contributed by atoms with van der Waals surface area (Å²) in [4.78, 5) is 24.9. The third kappa shape index (κ3) is 5.06. The second-order valence-corrected chi connectivity index (χ2v) is 9.33. The number of terminal acetylenes is 2. The van der Waals surface area contributed by atoms with E-state index in [2.05, 4.69) is 17.2 Å². The van der Waals surface area contributed by atoms with E-state index in [-0.39, 0.29) is 22.8 Å². The van der Waals surface area contributed by atoms with E-state index in [0.717, 1.165) is 20.9 Å². The lowest BCUT2D eigenvalue weighted by Gasteiger charge is -2.24. The molecular formula is C26H22NO5S+. The van der Waals surface area contributed by atoms with Crippen LogP contribution in [0, 0.1) is 48.6 Å². The van der Waals surface area contributed by atoms with Crippen LogP contribution in [0.3, 0.4) is 0 Å². The number of hydrogen-bond donors (Lipinski definition) is 0. The first-order chi connectivity index (χ1) is 15.7. The van der Waals surface area contributed by atoms with Crippen molar-refractivity contribution in [3.8, 4) is 35.3 Å². The largest absolute Gasteiger partial charge is 0.481 e. The lowest BCUT2D eigenvalue weighted by atomic mass is 9.96. The van der Waals surface area contributed by atoms with Gasteiger partial charge in [-0.2, -0.15) is 0 Å². The maximum absolute atomic E-state index is 12.5. The molecule has 0 saturated carbocycles. The Labute approximate surface area is 195 Å². The minimum atomic E-state index is -1.39. The molecule has 0 radical (unpaired) electrons. The Morgan fingerprint density at radius 2 is 1.79 bits per heavy atom. The number of nitrogens with zero attached hydrogens (tertiary/aromatic N) is 1. The zero-order valence-electron chi connectivity index (χ0n) is 18.5. The highest BCUT2D eigenvalue weighted by atomic mass is 32.2. The van der Waals surface area contributed by atoms with Crippen LogP contribution in [0.4, 0.5) is 5.69 Å². The first kappa shape index (κ1) is 23.6. The molecule has 6 nitrogen and oxygen atoms in total. The van der Waals surface area contributed by atoms with E-state index in [0.29, 0.717) is 11.3 Å². The number of nitro benzene ring substituents is 1. The smallest absolute Gasteiger partial charge is 0.345 e. The zero-order chi connectivity index (χ0) is 24.2. The average molecular weight is 461 g/mol. The quantitative estimate of drug-likeness (QED) is 0.155. The van der Waals surface area contributed by atoms with Gasteiger partial charge in [0, 0.05) is 46.4 Å². The lowest BCUT2D eigenvalue weighted by Crippen LogP contribution is -2.30. The van der Waals surface area contributed by atoms with Crippen LogP contribution in [0.15, 0.2) is 53.9 Å². The fraction of sp³-hybridized carbons (Fsp3) is 0.192. The molecule has 1 aromatic heterocycles. The molecule has 0 amide bonds. The first-order valence-electron chi connectivity index (χ1n) is 9.95. The molecule has 0 aliphatic carbocycles. The van der Waals surface area contributed by atoms with Gasteiger partial charge in [0.05, 0.1) is 4.92 Å². The topological polar surface area (TPSA) is 78.7 Å². The van der Waals surface area contributed by atoms with Gasteiger partial charge in [-0.1, -0.05) is 5.92 Å². The van der Waals surface area contributed by atoms with Crippen molar-refractivity contribution in [3.05, 3.63) is 85.6 Å². The van der Waals surface area contributed by atoms with E-state index >= 15 is 0 Å². The minimum Gasteiger partial charge on any atom is -0.481 e. The monoisotopic (exact) mass is 460 g/mol. The van der Waals surface area contributed by atoms with E-state index in [9.17, 15) is 14.9 Å². The standard InChI is InChI=1S/C26H22NO5S/c1-6-22-9-8-14-33(22)23-15-18(3)25(19(4)16-23)31-17-24(28)32-26(5,7-2)20-10-12-21(13-11-20)27(29)30/h1-2,8-16H,17H2,3-5H3/q+1. The molecule has 0 bridgehead atoms. The molecule has 33 heavy (non-hydrogen) atoms. The summed E-state index contributed by atoms with van der Waals surface area (Å²) >= 11 is 0. The van der Waals surface area contributed by atoms with E-state index in [1.165, 1.54) is 24.3 Å². The summed E-state index contributed by atoms with van der Waals surface area (Å²) in [7, 11) is -0.278. The van der Waals surface area contributed by atoms with Crippen LogP contribution >= 0.6 is 10.5 Å². The summed E-state index contributed by atoms with van der Waals surface area (Å²) in [5.41, 5.74) is 0.718. The summed E-state index contributed by atoms with van der Waals surface area (Å²) in [6.45, 7) is 5.01. The maximum Gasteiger partial charge on any atom is 0.345 e. The second-order valence-electron chi connectivity index (χ2n) is 7.47. The molecule has 2 unspecified atom stereocenters. The number of rotatable bonds is 7. The number of nitro groups is 1. The van der Waals surface area contributed by atoms with Crippen molar-refractivity contribution in [2.24, 2.45) is 0 Å². The first-order valence-corrected chi connectivity index (χ1v) is 11.2. The van der Waals surface area contributed by atoms with Gasteiger partial charge in [-0.05, 0) is 56.0 Å². The van der Waals surface area contributed by atoms with Gasteiger partial charge in [-0.25, -0.2) is 4.79 Å². The van der Waals surface area contributed by atoms with Crippen LogP contribution in [-0.4, -0.2) is 17.5 Å². The Hall–Kier alpha value is -4.07. The van der Waals surface area contributed by atoms with Crippen molar-refractivity contribution in [1.82, 2.24) is 0 Å². The third-order valence-corrected chi connectivity index (χ3v) is 6.99. The number of ether oxygens (including phenoxy) is 2. The molecule has 1 heterocycles. The van der Waals surface area contributed by atoms with Crippen LogP contribution in [0.1, 0.15) is 28.5 Å². The summed E-state index contributed by atoms with van der Waals surface area (Å²) in [5, 5.41) is 12.9. The number of hydrogen-bond acceptors (Lipinski definition) is 5. The van der Waals surface area contributed by atoms with Crippen LogP contribution in [0.5, 0.6) is 5.75 Å². The van der Waals surface area contributed by atoms with Crippen molar-refractivity contribution >= 4 is 22.1 Å². The highest BCUT2D eigenvalue weighted by Crippen LogP contribution is 2.38. The van der Waals surface area contributed by atoms with E-state index < -0.39 is 16.5 Å². The number of carbonyl (C=O) groups is 1. The minimum absolute atomic E-state index is 0.0826. The normalized spacial score (nSPS) is 12.7. The molecule has 0 aliphatic heterocycles. The number of carbonyl (C=O) groups excluding carboxylic acids is 1. The van der Waals surface area contributed by atoms with Crippen molar-refractivity contribution < 1.29 is 19.2 Å². The number of benzene rings is 2. The molecule has 0 aliphatic rings. The van der Waals surface area contributed by atoms with E-state index in [4.69, 9.17) is 22.3 Å². The molecule has 7 heteroatoms. The number of esters is 1. The Morgan fingerprint density at radius 3 is 2.33 bits per heavy atom. The van der Waals surface area contributed by atoms with Crippen LogP contribution in [0.2, 0.25) is 0 Å². The number of aryl methyl sites for hydroxylation is 2. The van der Waals surface area contributed by atoms with Gasteiger partial charge >= 0.3 is 5.97 Å². The Kier molecular flexibility index (Phi) is 6.86. The number of non-ortho nitro benzene ring substituents is 1. The molecule has 0 fully saturated rings. The van der Waals surface area contributed by atoms with Gasteiger partial charge in [0.15, 0.2) is 17.1 Å². The SMILES string of the molecule is C#Cc1ccc[s+]1-c1cc(C)c(OCC(=O)OC(C)(C#C)c2ccc([N+](=O)[O-])cc2)c(C)c1. The zero-order valence-corrected chi connectivity index (χ0v) is 19.3. The Balaban J connectivity index is 1.73. The van der Waals surface area contributed by atoms with Crippen LogP contribution in [-0.2, 0) is 15.1 Å². The summed E-state index contributed by atoms with van der Waals surface area (Å²) in [6.07, 6.45) is 11.2. The molecule has 3 aromatic rings. The molecule has 2 atom stereocenters. The van der Waals surface area contributed by atoms with Gasteiger partial charge < -0.3 is 9.47 Å². The summed E-state index contributed by atoms with van der Waals surface area (Å²) in [6, 6.07) is 13.4. The Bertz CT molecular complexity index is 1270. The van der Waals surface area contributed by atoms with Crippen LogP contribution < -0.4 is 4.74 Å². The number of thiophene rings is 1. The van der Waals surface area contributed by atoms with Gasteiger partial charge in [0.1, 0.15) is 11.1 Å². The van der Waals surface area contributed by atoms with Crippen molar-refractivity contribution in [2.75, 3.05) is 6.61 Å². The highest BCUT2D eigenvalue weighted by Gasteiger charge is 2.30. The van der Waals surface area contributed by atoms with E-state index in [1.807, 2.05) is 38.1 Å². The molecule has 166 valence electrons. The molecule has 0 spiro atoms. The summed E-state index contributed by atoms with van der Waals surface area (Å²) in [5.74, 6) is 5.10. The van der Waals surface area contributed by atoms with E-state index in [1.54, 1.807) is 6.92 Å². The predicted molar refractivity (Wildman–Crippen MR) is 129 cm³/mol. The average Bonchev–Trinajstić information content (AvgIpc) is 3.27. The van der Waals surface area contributed by atoms with Crippen molar-refractivity contribution in [3.63, 3.8) is 0 Å². The Morgan fingerprint density at radius 1 is 1.15 bits per heavy atom. The van der Waals surface area contributed by atoms with Crippen LogP contribution in [0.25, 0.3) is 4.90 Å². The fourth-order valence-electron chi connectivity index (χ4n) is 3.40. The summed E-state index contributed by atoms with van der Waals surface area (Å²) < 4.78 is 11.3. The fourth-order valence-corrected chi connectivity index (χ4v) is 5.15. The third-order valence-electron chi connectivity index (χ3n) is 5.09.